The lowest BCUT2D eigenvalue weighted by Gasteiger charge is -2.37. The van der Waals surface area contributed by atoms with Gasteiger partial charge in [-0.3, -0.25) is 4.79 Å². The van der Waals surface area contributed by atoms with Crippen LogP contribution in [-0.2, 0) is 26.9 Å². The molecule has 1 amide bonds. The molecule has 0 rings (SSSR count). The molecule has 5 unspecified atom stereocenters. The number of nitrogens with one attached hydrogen (secondary N) is 1. The number of amides is 1. The van der Waals surface area contributed by atoms with Crippen molar-refractivity contribution < 1.29 is 26.9 Å². The third kappa shape index (κ3) is 28.5. The second kappa shape index (κ2) is 21.5. The van der Waals surface area contributed by atoms with E-state index in [0.717, 1.165) is 57.8 Å². The van der Waals surface area contributed by atoms with Crippen LogP contribution in [0.2, 0.25) is 98.2 Å². The van der Waals surface area contributed by atoms with Crippen molar-refractivity contribution >= 4 is 47.5 Å². The van der Waals surface area contributed by atoms with Crippen LogP contribution in [0.4, 0.5) is 0 Å². The Morgan fingerprint density at radius 2 is 1.11 bits per heavy atom. The van der Waals surface area contributed by atoms with Gasteiger partial charge in [-0.1, -0.05) is 31.9 Å². The van der Waals surface area contributed by atoms with Crippen LogP contribution in [0.1, 0.15) is 71.6 Å². The molecule has 12 heteroatoms. The molecular formula is C35H79NO6Si5. The molecule has 0 radical (unpaired) electrons. The third-order valence-corrected chi connectivity index (χ3v) is 12.0. The van der Waals surface area contributed by atoms with Gasteiger partial charge in [-0.25, -0.2) is 0 Å². The number of hydrogen-bond donors (Lipinski definition) is 1. The van der Waals surface area contributed by atoms with Crippen LogP contribution in [0.15, 0.2) is 12.2 Å². The highest BCUT2D eigenvalue weighted by atomic mass is 28.4. The average molecular weight is 750 g/mol. The fourth-order valence-corrected chi connectivity index (χ4v) is 10.8. The van der Waals surface area contributed by atoms with E-state index in [1.165, 1.54) is 0 Å². The van der Waals surface area contributed by atoms with E-state index in [1.54, 1.807) is 6.92 Å². The maximum atomic E-state index is 12.1. The van der Waals surface area contributed by atoms with Crippen LogP contribution >= 0.6 is 0 Å². The summed E-state index contributed by atoms with van der Waals surface area (Å²) >= 11 is 0. The van der Waals surface area contributed by atoms with Gasteiger partial charge in [-0.2, -0.15) is 0 Å². The number of allylic oxidation sites excluding steroid dienone is 1. The molecule has 5 atom stereocenters. The van der Waals surface area contributed by atoms with Crippen molar-refractivity contribution in [3.63, 3.8) is 0 Å². The number of hydrogen-bond acceptors (Lipinski definition) is 6. The Hall–Kier alpha value is 0.0944. The first-order chi connectivity index (χ1) is 21.2. The zero-order valence-corrected chi connectivity index (χ0v) is 39.1. The summed E-state index contributed by atoms with van der Waals surface area (Å²) < 4.78 is 33.1. The van der Waals surface area contributed by atoms with Gasteiger partial charge >= 0.3 is 0 Å². The van der Waals surface area contributed by atoms with Crippen LogP contribution < -0.4 is 5.32 Å². The molecule has 280 valence electrons. The van der Waals surface area contributed by atoms with Crippen molar-refractivity contribution in [2.24, 2.45) is 0 Å². The topological polar surface area (TPSA) is 75.2 Å². The van der Waals surface area contributed by atoms with Gasteiger partial charge in [0.05, 0.1) is 31.0 Å². The Kier molecular flexibility index (Phi) is 21.5. The van der Waals surface area contributed by atoms with Crippen LogP contribution in [0.3, 0.4) is 0 Å². The van der Waals surface area contributed by atoms with E-state index in [2.05, 4.69) is 123 Å². The standard InChI is InChI=1S/C35H79NO6Si5/c1-18-24-31(39-44(6,7)8)25-23-28-35(42-47(15,16)17)34(41-46(12,13)14)27-22-20-19-21-26-33(40-45(9,10)11)32(36-30(2)37)29-38-43(3,4)5/h21,26,31-35H,18-20,22-25,27-29H2,1-17H3,(H,36,37). The molecule has 0 aliphatic heterocycles. The summed E-state index contributed by atoms with van der Waals surface area (Å²) in [6.45, 7) is 38.1. The van der Waals surface area contributed by atoms with E-state index in [9.17, 15) is 4.79 Å². The largest absolute Gasteiger partial charge is 0.415 e. The molecule has 7 nitrogen and oxygen atoms in total. The first kappa shape index (κ1) is 47.1. The fraction of sp³-hybridized carbons (Fsp3) is 0.914. The minimum Gasteiger partial charge on any atom is -0.415 e. The summed E-state index contributed by atoms with van der Waals surface area (Å²) in [4.78, 5) is 12.1. The van der Waals surface area contributed by atoms with Crippen molar-refractivity contribution in [1.82, 2.24) is 5.32 Å². The minimum atomic E-state index is -1.87. The van der Waals surface area contributed by atoms with Crippen LogP contribution in [0.25, 0.3) is 0 Å². The molecule has 0 saturated heterocycles. The van der Waals surface area contributed by atoms with Gasteiger partial charge in [0.1, 0.15) is 0 Å². The average Bonchev–Trinajstić information content (AvgIpc) is 2.82. The molecule has 0 aromatic rings. The minimum absolute atomic E-state index is 0.0558. The summed E-state index contributed by atoms with van der Waals surface area (Å²) in [5.74, 6) is -0.0558. The van der Waals surface area contributed by atoms with Gasteiger partial charge in [0.2, 0.25) is 5.91 Å². The summed E-state index contributed by atoms with van der Waals surface area (Å²) in [5, 5.41) is 3.11. The Morgan fingerprint density at radius 1 is 0.617 bits per heavy atom. The lowest BCUT2D eigenvalue weighted by Crippen LogP contribution is -2.50. The summed E-state index contributed by atoms with van der Waals surface area (Å²) in [7, 11) is -8.74. The molecular weight excluding hydrogens is 671 g/mol. The number of carbonyl (C=O) groups excluding carboxylic acids is 1. The van der Waals surface area contributed by atoms with E-state index in [4.69, 9.17) is 22.1 Å². The van der Waals surface area contributed by atoms with Crippen molar-refractivity contribution in [3.8, 4) is 0 Å². The van der Waals surface area contributed by atoms with Gasteiger partial charge in [-0.05, 0) is 143 Å². The summed E-state index contributed by atoms with van der Waals surface area (Å²) in [6.07, 6.45) is 14.4. The van der Waals surface area contributed by atoms with E-state index in [-0.39, 0.29) is 30.3 Å². The maximum Gasteiger partial charge on any atom is 0.217 e. The van der Waals surface area contributed by atoms with E-state index >= 15 is 0 Å². The molecule has 0 bridgehead atoms. The Morgan fingerprint density at radius 3 is 1.53 bits per heavy atom. The molecule has 0 aliphatic carbocycles. The zero-order valence-electron chi connectivity index (χ0n) is 34.1. The molecule has 1 N–H and O–H groups in total. The van der Waals surface area contributed by atoms with E-state index in [1.807, 2.05) is 0 Å². The molecule has 0 aliphatic rings. The van der Waals surface area contributed by atoms with Crippen molar-refractivity contribution in [2.75, 3.05) is 6.61 Å². The zero-order chi connectivity index (χ0) is 36.7. The fourth-order valence-electron chi connectivity index (χ4n) is 5.50. The van der Waals surface area contributed by atoms with Gasteiger partial charge in [0.15, 0.2) is 41.6 Å². The lowest BCUT2D eigenvalue weighted by atomic mass is 9.99. The quantitative estimate of drug-likeness (QED) is 0.0539. The van der Waals surface area contributed by atoms with Crippen LogP contribution in [0, 0.1) is 0 Å². The molecule has 47 heavy (non-hydrogen) atoms. The van der Waals surface area contributed by atoms with Gasteiger partial charge in [0.25, 0.3) is 0 Å². The Labute approximate surface area is 297 Å². The predicted molar refractivity (Wildman–Crippen MR) is 216 cm³/mol. The van der Waals surface area contributed by atoms with Crippen molar-refractivity contribution in [3.05, 3.63) is 12.2 Å². The predicted octanol–water partition coefficient (Wildman–Crippen LogP) is 10.3. The monoisotopic (exact) mass is 749 g/mol. The Bertz CT molecular complexity index is 887. The first-order valence-corrected chi connectivity index (χ1v) is 35.5. The highest BCUT2D eigenvalue weighted by Gasteiger charge is 2.33. The molecule has 0 saturated carbocycles. The molecule has 0 aromatic carbocycles. The number of rotatable bonds is 26. The number of carbonyl (C=O) groups is 1. The van der Waals surface area contributed by atoms with Gasteiger partial charge in [-0.15, -0.1) is 0 Å². The second-order valence-electron chi connectivity index (χ2n) is 18.2. The SMILES string of the molecule is CCCC(CCCC(O[Si](C)(C)C)C(CCCCC=CC(O[Si](C)(C)C)C(CO[Si](C)(C)C)NC(C)=O)O[Si](C)(C)C)O[Si](C)(C)C. The number of unbranched alkanes of at least 4 members (excludes halogenated alkanes) is 2. The van der Waals surface area contributed by atoms with E-state index < -0.39 is 41.6 Å². The highest BCUT2D eigenvalue weighted by Crippen LogP contribution is 2.27. The maximum absolute atomic E-state index is 12.1. The first-order valence-electron chi connectivity index (χ1n) is 18.5. The van der Waals surface area contributed by atoms with Gasteiger partial charge in [0, 0.05) is 13.0 Å². The van der Waals surface area contributed by atoms with Crippen molar-refractivity contribution in [2.45, 2.75) is 200 Å². The highest BCUT2D eigenvalue weighted by molar-refractivity contribution is 6.71. The van der Waals surface area contributed by atoms with Crippen molar-refractivity contribution in [1.29, 1.82) is 0 Å². The molecule has 0 heterocycles. The van der Waals surface area contributed by atoms with E-state index in [0.29, 0.717) is 12.7 Å². The summed E-state index contributed by atoms with van der Waals surface area (Å²) in [6, 6.07) is -0.204. The normalized spacial score (nSPS) is 17.0. The second-order valence-corrected chi connectivity index (χ2v) is 40.6. The molecule has 0 spiro atoms. The molecule has 0 aromatic heterocycles. The Balaban J connectivity index is 5.65. The lowest BCUT2D eigenvalue weighted by molar-refractivity contribution is -0.120. The third-order valence-electron chi connectivity index (χ3n) is 6.98. The van der Waals surface area contributed by atoms with Gasteiger partial charge < -0.3 is 27.4 Å². The van der Waals surface area contributed by atoms with Crippen LogP contribution in [-0.4, -0.2) is 84.6 Å². The smallest absolute Gasteiger partial charge is 0.217 e. The molecule has 0 fully saturated rings. The summed E-state index contributed by atoms with van der Waals surface area (Å²) in [5.41, 5.74) is 0. The van der Waals surface area contributed by atoms with Crippen LogP contribution in [0.5, 0.6) is 0 Å².